The summed E-state index contributed by atoms with van der Waals surface area (Å²) in [4.78, 5) is 69.7. The molecule has 2 aliphatic carbocycles. The van der Waals surface area contributed by atoms with E-state index in [4.69, 9.17) is 24.2 Å². The van der Waals surface area contributed by atoms with Crippen molar-refractivity contribution in [2.75, 3.05) is 0 Å². The Bertz CT molecular complexity index is 1370. The summed E-state index contributed by atoms with van der Waals surface area (Å²) in [5.41, 5.74) is -7.03. The van der Waals surface area contributed by atoms with Crippen LogP contribution in [0.5, 0.6) is 0 Å². The molecule has 0 spiro atoms. The van der Waals surface area contributed by atoms with Gasteiger partial charge in [0.2, 0.25) is 0 Å². The Labute approximate surface area is 279 Å². The first-order valence-electron chi connectivity index (χ1n) is 15.4. The number of allylic oxidation sites excluding steroid dienone is 1. The molecule has 0 aromatic rings. The van der Waals surface area contributed by atoms with Crippen LogP contribution < -0.4 is 0 Å². The number of Topliss-reactive ketones (excluding diaryl/α,β-unsaturated/α-hetero) is 1. The fourth-order valence-electron chi connectivity index (χ4n) is 6.05. The summed E-state index contributed by atoms with van der Waals surface area (Å²) in [6.07, 6.45) is -6.52. The summed E-state index contributed by atoms with van der Waals surface area (Å²) in [6, 6.07) is 0. The van der Waals surface area contributed by atoms with Gasteiger partial charge < -0.3 is 34.3 Å². The highest BCUT2D eigenvalue weighted by molar-refractivity contribution is 5.97. The van der Waals surface area contributed by atoms with E-state index >= 15 is 0 Å². The van der Waals surface area contributed by atoms with E-state index in [1.807, 2.05) is 0 Å². The van der Waals surface area contributed by atoms with Gasteiger partial charge in [-0.05, 0) is 46.1 Å². The zero-order chi connectivity index (χ0) is 37.1. The number of carbonyl (C=O) groups excluding carboxylic acids is 5. The second-order valence-electron chi connectivity index (χ2n) is 13.3. The Balaban J connectivity index is 3.03. The van der Waals surface area contributed by atoms with Crippen LogP contribution in [0.25, 0.3) is 0 Å². The minimum atomic E-state index is -2.56. The molecule has 0 saturated heterocycles. The van der Waals surface area contributed by atoms with Gasteiger partial charge in [-0.15, -0.1) is 0 Å². The maximum absolute atomic E-state index is 14.2. The second kappa shape index (κ2) is 15.2. The molecule has 0 radical (unpaired) electrons. The summed E-state index contributed by atoms with van der Waals surface area (Å²) in [6.45, 7) is 19.6. The largest absolute Gasteiger partial charge is 0.459 e. The van der Waals surface area contributed by atoms with Gasteiger partial charge in [-0.3, -0.25) is 19.6 Å². The van der Waals surface area contributed by atoms with E-state index in [0.29, 0.717) is 0 Å². The van der Waals surface area contributed by atoms with Gasteiger partial charge >= 0.3 is 23.9 Å². The molecule has 268 valence electrons. The number of ether oxygens (including phenoxy) is 4. The van der Waals surface area contributed by atoms with Crippen molar-refractivity contribution in [3.63, 3.8) is 0 Å². The molecule has 0 amide bonds. The van der Waals surface area contributed by atoms with E-state index in [2.05, 4.69) is 18.0 Å². The lowest BCUT2D eigenvalue weighted by atomic mass is 9.71. The van der Waals surface area contributed by atoms with Crippen molar-refractivity contribution in [2.45, 2.75) is 117 Å². The van der Waals surface area contributed by atoms with E-state index in [-0.39, 0.29) is 12.0 Å². The molecule has 2 rings (SSSR count). The van der Waals surface area contributed by atoms with Gasteiger partial charge in [0.1, 0.15) is 41.7 Å². The number of rotatable bonds is 8. The lowest BCUT2D eigenvalue weighted by Crippen LogP contribution is -2.60. The van der Waals surface area contributed by atoms with Crippen molar-refractivity contribution in [2.24, 2.45) is 17.3 Å². The predicted molar refractivity (Wildman–Crippen MR) is 169 cm³/mol. The number of aliphatic hydroxyl groups excluding tert-OH is 1. The lowest BCUT2D eigenvalue weighted by molar-refractivity contribution is -0.264. The van der Waals surface area contributed by atoms with Gasteiger partial charge in [0.05, 0.1) is 11.5 Å². The summed E-state index contributed by atoms with van der Waals surface area (Å²) in [7, 11) is 0. The molecule has 0 aromatic heterocycles. The first kappa shape index (κ1) is 40.5. The van der Waals surface area contributed by atoms with E-state index in [1.165, 1.54) is 39.8 Å². The molecule has 10 unspecified atom stereocenters. The molecule has 2 aliphatic rings. The lowest BCUT2D eigenvalue weighted by Gasteiger charge is -2.44. The molecule has 14 nitrogen and oxygen atoms in total. The maximum atomic E-state index is 14.2. The van der Waals surface area contributed by atoms with Gasteiger partial charge in [-0.1, -0.05) is 46.1 Å². The van der Waals surface area contributed by atoms with Crippen LogP contribution in [0.3, 0.4) is 0 Å². The zero-order valence-electron chi connectivity index (χ0n) is 28.8. The average molecular weight is 681 g/mol. The number of ketones is 1. The van der Waals surface area contributed by atoms with Crippen molar-refractivity contribution in [3.8, 4) is 0 Å². The standard InChI is InChI=1S/C34H48O14/c1-12-16(2)29(38)46-25-17(3)15-34(42)23(25)26(44-21(7)35)19(5)27(47-30(39)18(4)20(6)48-43)24(37)28(45-22(8)36)32(9,10)13-14-33(11,41)31(34)40/h12-14,17,20,23-28,37,41-43H,4-5,15H2,1-3,6-11H3. The van der Waals surface area contributed by atoms with Crippen LogP contribution in [0.2, 0.25) is 0 Å². The van der Waals surface area contributed by atoms with Crippen molar-refractivity contribution in [3.05, 3.63) is 48.1 Å². The van der Waals surface area contributed by atoms with Gasteiger partial charge in [-0.2, -0.15) is 0 Å². The van der Waals surface area contributed by atoms with Crippen molar-refractivity contribution in [1.29, 1.82) is 0 Å². The Morgan fingerprint density at radius 1 is 0.958 bits per heavy atom. The molecule has 0 bridgehead atoms. The molecule has 1 fully saturated rings. The van der Waals surface area contributed by atoms with E-state index in [1.54, 1.807) is 13.8 Å². The number of fused-ring (bicyclic) bond motifs is 1. The van der Waals surface area contributed by atoms with Crippen LogP contribution in [0.1, 0.15) is 68.7 Å². The van der Waals surface area contributed by atoms with Crippen LogP contribution in [0.15, 0.2) is 48.1 Å². The van der Waals surface area contributed by atoms with Crippen molar-refractivity contribution >= 4 is 29.7 Å². The van der Waals surface area contributed by atoms with Gasteiger partial charge in [0.25, 0.3) is 0 Å². The number of hydrogen-bond acceptors (Lipinski definition) is 14. The molecule has 1 saturated carbocycles. The molecule has 0 aromatic carbocycles. The Kier molecular flexibility index (Phi) is 12.9. The average Bonchev–Trinajstić information content (AvgIpc) is 3.26. The number of carbonyl (C=O) groups is 5. The first-order chi connectivity index (χ1) is 22.0. The summed E-state index contributed by atoms with van der Waals surface area (Å²) in [5.74, 6) is -7.47. The summed E-state index contributed by atoms with van der Waals surface area (Å²) in [5, 5.41) is 44.8. The third-order valence-corrected chi connectivity index (χ3v) is 8.93. The first-order valence-corrected chi connectivity index (χ1v) is 15.4. The Morgan fingerprint density at radius 3 is 2.02 bits per heavy atom. The molecule has 48 heavy (non-hydrogen) atoms. The SMILES string of the molecule is C=C(C(=O)OC1C(=C)C(OC(C)=O)C2C(OC(=O)C(C)=CC)C(C)CC2(O)C(=O)C(C)(O)C=CC(C)(C)C(OC(C)=O)C1O)C(C)OO. The molecular formula is C34H48O14. The monoisotopic (exact) mass is 680 g/mol. The highest BCUT2D eigenvalue weighted by Crippen LogP contribution is 2.49. The molecule has 10 atom stereocenters. The Hall–Kier alpha value is -3.69. The molecule has 0 aliphatic heterocycles. The fourth-order valence-corrected chi connectivity index (χ4v) is 6.05. The topological polar surface area (TPSA) is 212 Å². The quantitative estimate of drug-likeness (QED) is 0.0724. The number of hydrogen-bond donors (Lipinski definition) is 4. The van der Waals surface area contributed by atoms with Crippen LogP contribution >= 0.6 is 0 Å². The molecule has 4 N–H and O–H groups in total. The van der Waals surface area contributed by atoms with Crippen molar-refractivity contribution in [1.82, 2.24) is 0 Å². The molecular weight excluding hydrogens is 632 g/mol. The molecule has 14 heteroatoms. The minimum absolute atomic E-state index is 0.183. The maximum Gasteiger partial charge on any atom is 0.336 e. The van der Waals surface area contributed by atoms with Crippen molar-refractivity contribution < 1.29 is 68.4 Å². The summed E-state index contributed by atoms with van der Waals surface area (Å²) >= 11 is 0. The fraction of sp³-hybridized carbons (Fsp3) is 0.618. The highest BCUT2D eigenvalue weighted by Gasteiger charge is 2.65. The Morgan fingerprint density at radius 2 is 1.52 bits per heavy atom. The molecule has 0 heterocycles. The highest BCUT2D eigenvalue weighted by atomic mass is 17.1. The smallest absolute Gasteiger partial charge is 0.336 e. The van der Waals surface area contributed by atoms with Gasteiger partial charge in [0, 0.05) is 30.4 Å². The van der Waals surface area contributed by atoms with E-state index < -0.39 is 106 Å². The van der Waals surface area contributed by atoms with Crippen LogP contribution in [-0.4, -0.2) is 98.1 Å². The summed E-state index contributed by atoms with van der Waals surface area (Å²) < 4.78 is 22.6. The van der Waals surface area contributed by atoms with E-state index in [9.17, 15) is 39.3 Å². The van der Waals surface area contributed by atoms with Crippen LogP contribution in [0.4, 0.5) is 0 Å². The van der Waals surface area contributed by atoms with Gasteiger partial charge in [0.15, 0.2) is 11.9 Å². The number of esters is 4. The second-order valence-corrected chi connectivity index (χ2v) is 13.3. The third-order valence-electron chi connectivity index (χ3n) is 8.93. The van der Waals surface area contributed by atoms with Gasteiger partial charge in [-0.25, -0.2) is 14.5 Å². The minimum Gasteiger partial charge on any atom is -0.459 e. The third kappa shape index (κ3) is 8.47. The van der Waals surface area contributed by atoms with Crippen LogP contribution in [0, 0.1) is 17.3 Å². The zero-order valence-corrected chi connectivity index (χ0v) is 28.8. The normalized spacial score (nSPS) is 34.5. The van der Waals surface area contributed by atoms with Crippen LogP contribution in [-0.2, 0) is 47.8 Å². The predicted octanol–water partition coefficient (Wildman–Crippen LogP) is 2.29. The number of aliphatic hydroxyl groups is 3. The van der Waals surface area contributed by atoms with E-state index in [0.717, 1.165) is 26.8 Å².